The topological polar surface area (TPSA) is 48.4 Å². The fourth-order valence-electron chi connectivity index (χ4n) is 2.25. The van der Waals surface area contributed by atoms with Crippen molar-refractivity contribution in [2.75, 3.05) is 0 Å². The highest BCUT2D eigenvalue weighted by Crippen LogP contribution is 2.33. The van der Waals surface area contributed by atoms with Crippen LogP contribution in [0.1, 0.15) is 16.9 Å². The number of hydrogen-bond acceptors (Lipinski definition) is 3. The zero-order valence-electron chi connectivity index (χ0n) is 11.6. The number of benzene rings is 2. The molecule has 3 aromatic rings. The van der Waals surface area contributed by atoms with E-state index < -0.39 is 0 Å². The van der Waals surface area contributed by atoms with Gasteiger partial charge >= 0.3 is 0 Å². The van der Waals surface area contributed by atoms with Crippen molar-refractivity contribution in [3.8, 4) is 5.75 Å². The van der Waals surface area contributed by atoms with Gasteiger partial charge in [-0.05, 0) is 30.2 Å². The molecule has 0 spiro atoms. The monoisotopic (exact) mass is 297 g/mol. The van der Waals surface area contributed by atoms with Crippen LogP contribution in [0.15, 0.2) is 52.9 Å². The summed E-state index contributed by atoms with van der Waals surface area (Å²) in [6, 6.07) is 15.7. The number of rotatable bonds is 4. The fraction of sp³-hybridized carbons (Fsp3) is 0.118. The van der Waals surface area contributed by atoms with Crippen LogP contribution in [0.3, 0.4) is 0 Å². The van der Waals surface area contributed by atoms with Crippen molar-refractivity contribution in [1.29, 1.82) is 0 Å². The number of furan rings is 1. The Labute approximate surface area is 128 Å². The zero-order valence-corrected chi connectivity index (χ0v) is 12.4. The summed E-state index contributed by atoms with van der Waals surface area (Å²) in [6.07, 6.45) is 0. The van der Waals surface area contributed by atoms with Gasteiger partial charge in [0, 0.05) is 0 Å². The molecule has 0 aliphatic carbocycles. The molecule has 3 rings (SSSR count). The number of thiocarbonyl (C=S) groups is 1. The van der Waals surface area contributed by atoms with E-state index in [2.05, 4.69) is 13.0 Å². The van der Waals surface area contributed by atoms with Gasteiger partial charge < -0.3 is 14.9 Å². The maximum atomic E-state index is 5.96. The first-order valence-corrected chi connectivity index (χ1v) is 7.06. The summed E-state index contributed by atoms with van der Waals surface area (Å²) in [7, 11) is 0. The summed E-state index contributed by atoms with van der Waals surface area (Å²) in [5.41, 5.74) is 8.76. The summed E-state index contributed by atoms with van der Waals surface area (Å²) in [4.78, 5) is 0.200. The van der Waals surface area contributed by atoms with Crippen LogP contribution in [-0.2, 0) is 6.61 Å². The van der Waals surface area contributed by atoms with Crippen molar-refractivity contribution < 1.29 is 9.15 Å². The molecule has 106 valence electrons. The molecule has 0 saturated carbocycles. The summed E-state index contributed by atoms with van der Waals surface area (Å²) < 4.78 is 11.6. The van der Waals surface area contributed by atoms with Crippen LogP contribution in [0.4, 0.5) is 0 Å². The van der Waals surface area contributed by atoms with E-state index in [0.29, 0.717) is 18.1 Å². The Bertz CT molecular complexity index is 807. The second kappa shape index (κ2) is 5.58. The summed E-state index contributed by atoms with van der Waals surface area (Å²) in [5, 5.41) is 0.883. The third-order valence-electron chi connectivity index (χ3n) is 3.41. The van der Waals surface area contributed by atoms with Gasteiger partial charge in [-0.25, -0.2) is 0 Å². The van der Waals surface area contributed by atoms with Gasteiger partial charge in [0.2, 0.25) is 5.76 Å². The Morgan fingerprint density at radius 1 is 1.14 bits per heavy atom. The van der Waals surface area contributed by atoms with Crippen LogP contribution in [0.5, 0.6) is 5.75 Å². The molecule has 0 radical (unpaired) electrons. The highest BCUT2D eigenvalue weighted by Gasteiger charge is 2.17. The van der Waals surface area contributed by atoms with Crippen molar-refractivity contribution in [2.24, 2.45) is 5.73 Å². The van der Waals surface area contributed by atoms with E-state index in [9.17, 15) is 0 Å². The van der Waals surface area contributed by atoms with Crippen LogP contribution in [0.25, 0.3) is 11.0 Å². The van der Waals surface area contributed by atoms with Crippen molar-refractivity contribution >= 4 is 28.2 Å². The first kappa shape index (κ1) is 13.6. The van der Waals surface area contributed by atoms with Crippen LogP contribution < -0.4 is 10.5 Å². The molecule has 0 saturated heterocycles. The summed E-state index contributed by atoms with van der Waals surface area (Å²) >= 11 is 5.05. The number of fused-ring (bicyclic) bond motifs is 1. The molecule has 2 aromatic carbocycles. The predicted molar refractivity (Wildman–Crippen MR) is 87.6 cm³/mol. The van der Waals surface area contributed by atoms with Gasteiger partial charge in [0.05, 0.1) is 5.39 Å². The molecule has 0 amide bonds. The molecule has 2 N–H and O–H groups in total. The molecular weight excluding hydrogens is 282 g/mol. The van der Waals surface area contributed by atoms with E-state index in [-0.39, 0.29) is 4.99 Å². The Balaban J connectivity index is 1.98. The van der Waals surface area contributed by atoms with Gasteiger partial charge in [0.1, 0.15) is 17.2 Å². The molecule has 0 unspecified atom stereocenters. The van der Waals surface area contributed by atoms with E-state index in [1.54, 1.807) is 0 Å². The number of hydrogen-bond donors (Lipinski definition) is 1. The van der Waals surface area contributed by atoms with Crippen LogP contribution in [-0.4, -0.2) is 4.99 Å². The van der Waals surface area contributed by atoms with Crippen LogP contribution >= 0.6 is 12.2 Å². The average molecular weight is 297 g/mol. The number of para-hydroxylation sites is 1. The maximum Gasteiger partial charge on any atom is 0.204 e. The first-order chi connectivity index (χ1) is 10.2. The predicted octanol–water partition coefficient (Wildman–Crippen LogP) is 3.95. The van der Waals surface area contributed by atoms with E-state index in [1.165, 1.54) is 5.56 Å². The maximum absolute atomic E-state index is 5.96. The van der Waals surface area contributed by atoms with Crippen LogP contribution in [0, 0.1) is 6.92 Å². The van der Waals surface area contributed by atoms with Crippen molar-refractivity contribution in [2.45, 2.75) is 13.5 Å². The SMILES string of the molecule is Cc1ccccc1COc1c(C(N)=S)oc2ccccc12. The lowest BCUT2D eigenvalue weighted by Gasteiger charge is -2.08. The molecule has 0 atom stereocenters. The molecule has 4 heteroatoms. The minimum atomic E-state index is 0.200. The summed E-state index contributed by atoms with van der Waals surface area (Å²) in [5.74, 6) is 1.04. The van der Waals surface area contributed by atoms with Crippen molar-refractivity contribution in [3.05, 3.63) is 65.4 Å². The molecule has 0 aliphatic heterocycles. The smallest absolute Gasteiger partial charge is 0.204 e. The quantitative estimate of drug-likeness (QED) is 0.741. The van der Waals surface area contributed by atoms with Crippen molar-refractivity contribution in [1.82, 2.24) is 0 Å². The van der Waals surface area contributed by atoms with E-state index in [4.69, 9.17) is 27.1 Å². The summed E-state index contributed by atoms with van der Waals surface area (Å²) in [6.45, 7) is 2.51. The van der Waals surface area contributed by atoms with Crippen molar-refractivity contribution in [3.63, 3.8) is 0 Å². The third kappa shape index (κ3) is 2.62. The van der Waals surface area contributed by atoms with Gasteiger partial charge in [-0.3, -0.25) is 0 Å². The van der Waals surface area contributed by atoms with E-state index >= 15 is 0 Å². The zero-order chi connectivity index (χ0) is 14.8. The Kier molecular flexibility index (Phi) is 3.62. The largest absolute Gasteiger partial charge is 0.484 e. The number of ether oxygens (including phenoxy) is 1. The van der Waals surface area contributed by atoms with Gasteiger partial charge in [0.25, 0.3) is 0 Å². The molecule has 0 aliphatic rings. The Morgan fingerprint density at radius 3 is 2.62 bits per heavy atom. The number of aryl methyl sites for hydroxylation is 1. The third-order valence-corrected chi connectivity index (χ3v) is 3.59. The molecule has 21 heavy (non-hydrogen) atoms. The van der Waals surface area contributed by atoms with E-state index in [0.717, 1.165) is 16.5 Å². The molecule has 0 fully saturated rings. The standard InChI is InChI=1S/C17H15NO2S/c1-11-6-2-3-7-12(11)10-19-15-13-8-4-5-9-14(13)20-16(15)17(18)21/h2-9H,10H2,1H3,(H2,18,21). The Hall–Kier alpha value is -2.33. The molecular formula is C17H15NO2S. The normalized spacial score (nSPS) is 10.7. The number of nitrogens with two attached hydrogens (primary N) is 1. The average Bonchev–Trinajstić information content (AvgIpc) is 2.85. The second-order valence-electron chi connectivity index (χ2n) is 4.84. The lowest BCUT2D eigenvalue weighted by atomic mass is 10.1. The van der Waals surface area contributed by atoms with Gasteiger partial charge in [-0.2, -0.15) is 0 Å². The highest BCUT2D eigenvalue weighted by molar-refractivity contribution is 7.80. The van der Waals surface area contributed by atoms with Crippen LogP contribution in [0.2, 0.25) is 0 Å². The minimum Gasteiger partial charge on any atom is -0.484 e. The molecule has 3 nitrogen and oxygen atoms in total. The lowest BCUT2D eigenvalue weighted by molar-refractivity contribution is 0.303. The molecule has 1 aromatic heterocycles. The van der Waals surface area contributed by atoms with Gasteiger partial charge in [-0.15, -0.1) is 0 Å². The second-order valence-corrected chi connectivity index (χ2v) is 5.28. The van der Waals surface area contributed by atoms with Gasteiger partial charge in [-0.1, -0.05) is 48.6 Å². The first-order valence-electron chi connectivity index (χ1n) is 6.65. The highest BCUT2D eigenvalue weighted by atomic mass is 32.1. The lowest BCUT2D eigenvalue weighted by Crippen LogP contribution is -2.10. The Morgan fingerprint density at radius 2 is 1.86 bits per heavy atom. The molecule has 0 bridgehead atoms. The molecule has 1 heterocycles. The minimum absolute atomic E-state index is 0.200. The van der Waals surface area contributed by atoms with E-state index in [1.807, 2.05) is 42.5 Å². The fourth-order valence-corrected chi connectivity index (χ4v) is 2.38. The van der Waals surface area contributed by atoms with Gasteiger partial charge in [0.15, 0.2) is 5.75 Å².